The highest BCUT2D eigenvalue weighted by molar-refractivity contribution is 7.88. The smallest absolute Gasteiger partial charge is 0.314 e. The first-order valence-corrected chi connectivity index (χ1v) is 33.0. The molecule has 2 saturated carbocycles. The number of ether oxygens (including phenoxy) is 1. The van der Waals surface area contributed by atoms with E-state index in [1.54, 1.807) is 84.6 Å². The summed E-state index contributed by atoms with van der Waals surface area (Å²) in [7, 11) is -3.82. The van der Waals surface area contributed by atoms with E-state index in [-0.39, 0.29) is 50.9 Å². The molecule has 4 aliphatic rings. The van der Waals surface area contributed by atoms with Gasteiger partial charge in [0.2, 0.25) is 21.8 Å². The minimum Gasteiger partial charge on any atom is -0.760 e. The zero-order valence-corrected chi connectivity index (χ0v) is 51.5. The van der Waals surface area contributed by atoms with Crippen molar-refractivity contribution in [1.29, 1.82) is 0 Å². The standard InChI is InChI=1S/C62H65Cl4N5O9S3/c1-61(30-51(44-9-4-11-48(65)28-44)57(42-18-22-46(63)23-19-42)70(59(61)74)53(40-14-15-40)37-68(82(76)77)35-39-8-6-26-67-34-39)32-55(72)80-56(73)33-62(2)31-52(45-10-5-12-49(66)29-45)58(43-20-24-47(64)25-21-43)71(60(62)75)54(41-16-17-41)38-69(83(3,78)79)36-50-13-7-27-81-50/h4-13,18-29,34,40-41,51-54,57-58H,14-17,30-33,35-38H2,1-3H3,(H,76,77)/p-1. The first-order valence-electron chi connectivity index (χ1n) is 27.7. The van der Waals surface area contributed by atoms with Crippen LogP contribution in [0.1, 0.15) is 122 Å². The average molecular weight is 1260 g/mol. The van der Waals surface area contributed by atoms with Crippen LogP contribution in [0.4, 0.5) is 0 Å². The predicted molar refractivity (Wildman–Crippen MR) is 322 cm³/mol. The molecule has 4 heterocycles. The molecule has 2 saturated heterocycles. The third-order valence-corrected chi connectivity index (χ3v) is 20.7. The van der Waals surface area contributed by atoms with E-state index in [4.69, 9.17) is 51.1 Å². The largest absolute Gasteiger partial charge is 0.760 e. The van der Waals surface area contributed by atoms with Crippen LogP contribution in [-0.2, 0) is 58.3 Å². The second-order valence-corrected chi connectivity index (χ2v) is 29.0. The summed E-state index contributed by atoms with van der Waals surface area (Å²) in [5.41, 5.74) is 0.660. The zero-order valence-electron chi connectivity index (χ0n) is 46.0. The van der Waals surface area contributed by atoms with Crippen LogP contribution in [0.3, 0.4) is 0 Å². The Morgan fingerprint density at radius 2 is 1.18 bits per heavy atom. The molecule has 0 spiro atoms. The highest BCUT2D eigenvalue weighted by atomic mass is 35.5. The Balaban J connectivity index is 0.990. The molecule has 0 bridgehead atoms. The number of amides is 2. The molecule has 4 fully saturated rings. The van der Waals surface area contributed by atoms with Crippen molar-refractivity contribution >= 4 is 103 Å². The van der Waals surface area contributed by atoms with Crippen LogP contribution in [0, 0.1) is 22.7 Å². The SMILES string of the molecule is CC1(CC(=O)OC(=O)CC2(C)CC(c3cccc(Cl)c3)C(c3ccc(Cl)cc3)N(C(CN(Cc3cccs3)S(C)(=O)=O)C3CC3)C2=O)CC(c2cccc(Cl)c2)C(c2ccc(Cl)cc2)N(C(CN(Cc2cccnc2)S(=O)[O-])C2CC2)C1=O. The van der Waals surface area contributed by atoms with E-state index in [1.807, 2.05) is 78.2 Å². The summed E-state index contributed by atoms with van der Waals surface area (Å²) in [4.78, 5) is 69.9. The van der Waals surface area contributed by atoms with Crippen molar-refractivity contribution in [3.05, 3.63) is 192 Å². The Morgan fingerprint density at radius 3 is 1.59 bits per heavy atom. The molecule has 14 nitrogen and oxygen atoms in total. The molecule has 9 atom stereocenters. The summed E-state index contributed by atoms with van der Waals surface area (Å²) >= 11 is 25.1. The van der Waals surface area contributed by atoms with Crippen LogP contribution in [0.5, 0.6) is 0 Å². The highest BCUT2D eigenvalue weighted by Crippen LogP contribution is 2.57. The summed E-state index contributed by atoms with van der Waals surface area (Å²) in [5.74, 6) is -3.99. The number of thiophene rings is 1. The molecule has 438 valence electrons. The Kier molecular flexibility index (Phi) is 18.8. The fourth-order valence-electron chi connectivity index (χ4n) is 12.7. The van der Waals surface area contributed by atoms with Crippen molar-refractivity contribution in [3.8, 4) is 0 Å². The average Bonchev–Trinajstić information content (AvgIpc) is 3.21. The van der Waals surface area contributed by atoms with Gasteiger partial charge in [-0.15, -0.1) is 11.3 Å². The van der Waals surface area contributed by atoms with Gasteiger partial charge in [0.15, 0.2) is 0 Å². The Morgan fingerprint density at radius 1 is 0.687 bits per heavy atom. The van der Waals surface area contributed by atoms with Crippen molar-refractivity contribution in [2.24, 2.45) is 22.7 Å². The number of carbonyl (C=O) groups is 4. The van der Waals surface area contributed by atoms with Crippen molar-refractivity contribution < 1.29 is 41.1 Å². The van der Waals surface area contributed by atoms with E-state index in [0.29, 0.717) is 25.7 Å². The molecule has 10 rings (SSSR count). The number of hydrogen-bond donors (Lipinski definition) is 0. The lowest BCUT2D eigenvalue weighted by atomic mass is 9.66. The molecule has 2 aromatic heterocycles. The predicted octanol–water partition coefficient (Wildman–Crippen LogP) is 12.7. The topological polar surface area (TPSA) is 178 Å². The van der Waals surface area contributed by atoms with Gasteiger partial charge in [-0.05, 0) is 144 Å². The lowest BCUT2D eigenvalue weighted by Gasteiger charge is -2.53. The number of piperidine rings is 2. The first-order chi connectivity index (χ1) is 39.6. The molecular formula is C62H64Cl4N5O9S3-. The van der Waals surface area contributed by atoms with Gasteiger partial charge in [0, 0.05) is 98.7 Å². The van der Waals surface area contributed by atoms with Gasteiger partial charge in [-0.25, -0.2) is 12.7 Å². The Bertz CT molecular complexity index is 3470. The van der Waals surface area contributed by atoms with E-state index in [1.165, 1.54) is 26.2 Å². The van der Waals surface area contributed by atoms with Crippen molar-refractivity contribution in [1.82, 2.24) is 23.4 Å². The summed E-state index contributed by atoms with van der Waals surface area (Å²) in [5, 5.41) is 3.75. The normalized spacial score (nSPS) is 24.2. The van der Waals surface area contributed by atoms with Crippen LogP contribution in [-0.4, -0.2) is 95.8 Å². The third kappa shape index (κ3) is 14.3. The number of likely N-dealkylation sites (tertiary alicyclic amines) is 2. The molecule has 6 aromatic rings. The monoisotopic (exact) mass is 1260 g/mol. The molecule has 9 unspecified atom stereocenters. The van der Waals surface area contributed by atoms with Crippen LogP contribution in [0.25, 0.3) is 0 Å². The molecule has 4 aromatic carbocycles. The van der Waals surface area contributed by atoms with Gasteiger partial charge < -0.3 is 19.1 Å². The maximum atomic E-state index is 15.9. The molecule has 0 radical (unpaired) electrons. The van der Waals surface area contributed by atoms with E-state index in [2.05, 4.69) is 4.98 Å². The van der Waals surface area contributed by atoms with E-state index in [0.717, 1.165) is 52.8 Å². The number of sulfonamides is 1. The Hall–Kier alpha value is -5.05. The van der Waals surface area contributed by atoms with Crippen LogP contribution in [0.2, 0.25) is 20.1 Å². The van der Waals surface area contributed by atoms with Crippen molar-refractivity contribution in [2.45, 2.75) is 114 Å². The minimum atomic E-state index is -3.82. The number of pyridine rings is 1. The molecule has 2 aliphatic heterocycles. The summed E-state index contributed by atoms with van der Waals surface area (Å²) in [6.07, 6.45) is 6.42. The second kappa shape index (κ2) is 25.5. The Labute approximate surface area is 511 Å². The number of esters is 2. The van der Waals surface area contributed by atoms with Gasteiger partial charge in [0.25, 0.3) is 0 Å². The fraction of sp³-hybridized carbons (Fsp3) is 0.403. The molecule has 0 N–H and O–H groups in total. The number of carbonyl (C=O) groups excluding carboxylic acids is 4. The lowest BCUT2D eigenvalue weighted by Crippen LogP contribution is -2.59. The van der Waals surface area contributed by atoms with Gasteiger partial charge in [-0.3, -0.25) is 28.4 Å². The summed E-state index contributed by atoms with van der Waals surface area (Å²) < 4.78 is 62.3. The maximum absolute atomic E-state index is 15.9. The molecule has 83 heavy (non-hydrogen) atoms. The van der Waals surface area contributed by atoms with Gasteiger partial charge in [0.1, 0.15) is 0 Å². The van der Waals surface area contributed by atoms with Crippen LogP contribution >= 0.6 is 57.7 Å². The number of benzene rings is 4. The number of nitrogens with zero attached hydrogens (tertiary/aromatic N) is 5. The first kappa shape index (κ1) is 61.1. The van der Waals surface area contributed by atoms with E-state index >= 15 is 9.59 Å². The van der Waals surface area contributed by atoms with Gasteiger partial charge in [0.05, 0.1) is 42.0 Å². The zero-order chi connectivity index (χ0) is 59.0. The quantitative estimate of drug-likeness (QED) is 0.0361. The molecule has 2 amide bonds. The van der Waals surface area contributed by atoms with Crippen molar-refractivity contribution in [3.63, 3.8) is 0 Å². The maximum Gasteiger partial charge on any atom is 0.314 e. The second-order valence-electron chi connectivity index (χ2n) is 23.3. The summed E-state index contributed by atoms with van der Waals surface area (Å²) in [6, 6.07) is 33.7. The summed E-state index contributed by atoms with van der Waals surface area (Å²) in [6.45, 7) is 3.39. The van der Waals surface area contributed by atoms with Crippen molar-refractivity contribution in [2.75, 3.05) is 19.3 Å². The molecule has 21 heteroatoms. The van der Waals surface area contributed by atoms with E-state index < -0.39 is 105 Å². The van der Waals surface area contributed by atoms with Gasteiger partial charge >= 0.3 is 11.9 Å². The fourth-order valence-corrected chi connectivity index (χ4v) is 15.5. The number of hydrogen-bond acceptors (Lipinski definition) is 11. The van der Waals surface area contributed by atoms with Crippen LogP contribution < -0.4 is 0 Å². The number of halogens is 4. The number of aromatic nitrogens is 1. The van der Waals surface area contributed by atoms with Gasteiger partial charge in [-0.2, -0.15) is 4.31 Å². The molecule has 2 aliphatic carbocycles. The lowest BCUT2D eigenvalue weighted by molar-refractivity contribution is -0.172. The van der Waals surface area contributed by atoms with E-state index in [9.17, 15) is 26.8 Å². The molecular weight excluding hydrogens is 1200 g/mol. The number of rotatable bonds is 22. The minimum absolute atomic E-state index is 0.000963. The third-order valence-electron chi connectivity index (χ3n) is 17.0. The van der Waals surface area contributed by atoms with Crippen LogP contribution in [0.15, 0.2) is 139 Å². The van der Waals surface area contributed by atoms with Gasteiger partial charge in [-0.1, -0.05) is 121 Å². The highest BCUT2D eigenvalue weighted by Gasteiger charge is 2.57.